The molecule has 0 radical (unpaired) electrons. The van der Waals surface area contributed by atoms with Gasteiger partial charge in [-0.3, -0.25) is 9.59 Å². The molecule has 6 nitrogen and oxygen atoms in total. The highest BCUT2D eigenvalue weighted by molar-refractivity contribution is 7.91. The molecule has 0 aromatic heterocycles. The predicted molar refractivity (Wildman–Crippen MR) is 102 cm³/mol. The van der Waals surface area contributed by atoms with Crippen LogP contribution in [0.15, 0.2) is 24.3 Å². The Morgan fingerprint density at radius 3 is 2.38 bits per heavy atom. The molecule has 2 rings (SSSR count). The summed E-state index contributed by atoms with van der Waals surface area (Å²) in [6.07, 6.45) is 1.43. The zero-order valence-electron chi connectivity index (χ0n) is 15.7. The van der Waals surface area contributed by atoms with E-state index < -0.39 is 9.84 Å². The van der Waals surface area contributed by atoms with Crippen LogP contribution in [0.1, 0.15) is 44.2 Å². The zero-order chi connectivity index (χ0) is 19.4. The van der Waals surface area contributed by atoms with Crippen LogP contribution in [0, 0.1) is 6.92 Å². The van der Waals surface area contributed by atoms with Crippen LogP contribution < -0.4 is 10.6 Å². The van der Waals surface area contributed by atoms with Crippen molar-refractivity contribution in [3.63, 3.8) is 0 Å². The maximum Gasteiger partial charge on any atom is 0.239 e. The third kappa shape index (κ3) is 6.12. The van der Waals surface area contributed by atoms with Crippen molar-refractivity contribution in [2.75, 3.05) is 18.1 Å². The van der Waals surface area contributed by atoms with Crippen molar-refractivity contribution >= 4 is 21.7 Å². The number of amides is 2. The van der Waals surface area contributed by atoms with Gasteiger partial charge in [-0.2, -0.15) is 0 Å². The average molecular weight is 381 g/mol. The fourth-order valence-corrected chi connectivity index (χ4v) is 4.70. The van der Waals surface area contributed by atoms with Gasteiger partial charge in [-0.1, -0.05) is 43.7 Å². The molecule has 1 unspecified atom stereocenters. The summed E-state index contributed by atoms with van der Waals surface area (Å²) in [4.78, 5) is 23.9. The van der Waals surface area contributed by atoms with E-state index in [1.54, 1.807) is 0 Å². The van der Waals surface area contributed by atoms with Crippen molar-refractivity contribution in [3.8, 4) is 0 Å². The number of hydrogen-bond acceptors (Lipinski definition) is 4. The molecule has 1 fully saturated rings. The van der Waals surface area contributed by atoms with Crippen LogP contribution in [0.2, 0.25) is 0 Å². The second-order valence-electron chi connectivity index (χ2n) is 7.69. The Bertz CT molecular complexity index is 754. The molecule has 1 aliphatic rings. The Balaban J connectivity index is 1.73. The van der Waals surface area contributed by atoms with Gasteiger partial charge in [-0.05, 0) is 30.7 Å². The summed E-state index contributed by atoms with van der Waals surface area (Å²) in [7, 11) is -3.03. The number of hydrogen-bond donors (Lipinski definition) is 2. The summed E-state index contributed by atoms with van der Waals surface area (Å²) in [6.45, 7) is 6.10. The van der Waals surface area contributed by atoms with Gasteiger partial charge in [0, 0.05) is 12.5 Å². The first-order chi connectivity index (χ1) is 12.1. The molecule has 2 amide bonds. The number of benzene rings is 1. The van der Waals surface area contributed by atoms with Crippen molar-refractivity contribution in [1.82, 2.24) is 10.6 Å². The van der Waals surface area contributed by atoms with E-state index in [1.165, 1.54) is 11.1 Å². The van der Waals surface area contributed by atoms with Crippen LogP contribution in [0.3, 0.4) is 0 Å². The topological polar surface area (TPSA) is 92.3 Å². The molecule has 1 atom stereocenters. The molecule has 0 saturated carbocycles. The van der Waals surface area contributed by atoms with E-state index in [9.17, 15) is 18.0 Å². The predicted octanol–water partition coefficient (Wildman–Crippen LogP) is 1.47. The lowest BCUT2D eigenvalue weighted by Gasteiger charge is -2.25. The Kier molecular flexibility index (Phi) is 6.44. The number of aryl methyl sites for hydroxylation is 1. The molecule has 7 heteroatoms. The van der Waals surface area contributed by atoms with Gasteiger partial charge < -0.3 is 10.6 Å². The minimum Gasteiger partial charge on any atom is -0.351 e. The van der Waals surface area contributed by atoms with Crippen LogP contribution in [0.25, 0.3) is 0 Å². The molecule has 144 valence electrons. The zero-order valence-corrected chi connectivity index (χ0v) is 16.5. The molecular formula is C19H28N2O4S. The summed E-state index contributed by atoms with van der Waals surface area (Å²) >= 11 is 0. The normalized spacial score (nSPS) is 19.1. The van der Waals surface area contributed by atoms with E-state index in [0.717, 1.165) is 0 Å². The highest BCUT2D eigenvalue weighted by Crippen LogP contribution is 2.28. The molecule has 0 bridgehead atoms. The van der Waals surface area contributed by atoms with E-state index in [2.05, 4.69) is 48.7 Å². The van der Waals surface area contributed by atoms with E-state index in [-0.39, 0.29) is 41.3 Å². The summed E-state index contributed by atoms with van der Waals surface area (Å²) in [6, 6.07) is 7.94. The van der Waals surface area contributed by atoms with Crippen molar-refractivity contribution in [1.29, 1.82) is 0 Å². The Morgan fingerprint density at radius 1 is 1.15 bits per heavy atom. The lowest BCUT2D eigenvalue weighted by molar-refractivity contribution is -0.126. The maximum absolute atomic E-state index is 12.0. The van der Waals surface area contributed by atoms with Gasteiger partial charge in [-0.25, -0.2) is 8.42 Å². The number of rotatable bonds is 7. The molecule has 1 saturated heterocycles. The standard InChI is InChI=1S/C19H28N2O4S/c1-14-4-6-15(7-5-14)19(2,3)10-8-17(22)20-12-18(23)21-16-9-11-26(24,25)13-16/h4-7,16H,8-13H2,1-3H3,(H,20,22)(H,21,23). The van der Waals surface area contributed by atoms with Gasteiger partial charge in [0.2, 0.25) is 11.8 Å². The van der Waals surface area contributed by atoms with Gasteiger partial charge in [0.25, 0.3) is 0 Å². The third-order valence-corrected chi connectivity index (χ3v) is 6.62. The third-order valence-electron chi connectivity index (χ3n) is 4.85. The molecule has 2 N–H and O–H groups in total. The highest BCUT2D eigenvalue weighted by atomic mass is 32.2. The number of carbonyl (C=O) groups is 2. The van der Waals surface area contributed by atoms with E-state index in [1.807, 2.05) is 6.92 Å². The Morgan fingerprint density at radius 2 is 1.81 bits per heavy atom. The lowest BCUT2D eigenvalue weighted by atomic mass is 9.80. The number of carbonyl (C=O) groups excluding carboxylic acids is 2. The van der Waals surface area contributed by atoms with Gasteiger partial charge in [0.15, 0.2) is 9.84 Å². The minimum atomic E-state index is -3.03. The molecule has 1 aromatic rings. The summed E-state index contributed by atoms with van der Waals surface area (Å²) in [5.41, 5.74) is 2.24. The van der Waals surface area contributed by atoms with Crippen molar-refractivity contribution < 1.29 is 18.0 Å². The summed E-state index contributed by atoms with van der Waals surface area (Å²) in [5, 5.41) is 5.27. The van der Waals surface area contributed by atoms with Crippen molar-refractivity contribution in [3.05, 3.63) is 35.4 Å². The molecular weight excluding hydrogens is 352 g/mol. The second-order valence-corrected chi connectivity index (χ2v) is 9.92. The summed E-state index contributed by atoms with van der Waals surface area (Å²) < 4.78 is 22.8. The Labute approximate surface area is 155 Å². The van der Waals surface area contributed by atoms with Crippen LogP contribution in [0.4, 0.5) is 0 Å². The second kappa shape index (κ2) is 8.20. The van der Waals surface area contributed by atoms with E-state index in [4.69, 9.17) is 0 Å². The summed E-state index contributed by atoms with van der Waals surface area (Å²) in [5.74, 6) is -0.437. The van der Waals surface area contributed by atoms with Crippen LogP contribution >= 0.6 is 0 Å². The van der Waals surface area contributed by atoms with Gasteiger partial charge in [-0.15, -0.1) is 0 Å². The molecule has 26 heavy (non-hydrogen) atoms. The molecule has 0 spiro atoms. The van der Waals surface area contributed by atoms with Crippen molar-refractivity contribution in [2.24, 2.45) is 0 Å². The van der Waals surface area contributed by atoms with E-state index >= 15 is 0 Å². The highest BCUT2D eigenvalue weighted by Gasteiger charge is 2.29. The first-order valence-electron chi connectivity index (χ1n) is 8.91. The fraction of sp³-hybridized carbons (Fsp3) is 0.579. The first kappa shape index (κ1) is 20.4. The smallest absolute Gasteiger partial charge is 0.239 e. The van der Waals surface area contributed by atoms with Gasteiger partial charge >= 0.3 is 0 Å². The van der Waals surface area contributed by atoms with Gasteiger partial charge in [0.05, 0.1) is 18.1 Å². The quantitative estimate of drug-likeness (QED) is 0.749. The lowest BCUT2D eigenvalue weighted by Crippen LogP contribution is -2.42. The molecule has 0 aliphatic carbocycles. The monoisotopic (exact) mass is 380 g/mol. The SMILES string of the molecule is Cc1ccc(C(C)(C)CCC(=O)NCC(=O)NC2CCS(=O)(=O)C2)cc1. The number of nitrogens with one attached hydrogen (secondary N) is 2. The molecule has 1 heterocycles. The fourth-order valence-electron chi connectivity index (χ4n) is 3.03. The van der Waals surface area contributed by atoms with Crippen LogP contribution in [-0.2, 0) is 24.8 Å². The maximum atomic E-state index is 12.0. The van der Waals surface area contributed by atoms with Crippen LogP contribution in [-0.4, -0.2) is 44.3 Å². The van der Waals surface area contributed by atoms with Crippen LogP contribution in [0.5, 0.6) is 0 Å². The minimum absolute atomic E-state index is 0.0164. The molecule has 1 aliphatic heterocycles. The largest absolute Gasteiger partial charge is 0.351 e. The first-order valence-corrected chi connectivity index (χ1v) is 10.7. The number of sulfone groups is 1. The van der Waals surface area contributed by atoms with Gasteiger partial charge in [0.1, 0.15) is 0 Å². The molecule has 1 aromatic carbocycles. The Hall–Kier alpha value is -1.89. The average Bonchev–Trinajstić information content (AvgIpc) is 2.90. The van der Waals surface area contributed by atoms with E-state index in [0.29, 0.717) is 19.3 Å². The van der Waals surface area contributed by atoms with Crippen molar-refractivity contribution in [2.45, 2.75) is 51.5 Å².